The Hall–Kier alpha value is -2.96. The molecule has 2 heterocycles. The number of hydrogen-bond acceptors (Lipinski definition) is 6. The maximum atomic E-state index is 13.1. The molecule has 2 aliphatic rings. The molecule has 0 bridgehead atoms. The van der Waals surface area contributed by atoms with Crippen molar-refractivity contribution in [3.05, 3.63) is 41.1 Å². The Morgan fingerprint density at radius 2 is 1.81 bits per heavy atom. The number of pyridine rings is 1. The Labute approximate surface area is 181 Å². The van der Waals surface area contributed by atoms with E-state index in [0.717, 1.165) is 54.3 Å². The third-order valence-electron chi connectivity index (χ3n) is 6.33. The van der Waals surface area contributed by atoms with Crippen LogP contribution in [0.25, 0.3) is 10.9 Å². The second kappa shape index (κ2) is 9.45. The lowest BCUT2D eigenvalue weighted by Gasteiger charge is -2.30. The zero-order chi connectivity index (χ0) is 21.8. The van der Waals surface area contributed by atoms with Crippen LogP contribution in [-0.4, -0.2) is 54.5 Å². The van der Waals surface area contributed by atoms with Crippen LogP contribution < -0.4 is 0 Å². The number of esters is 2. The zero-order valence-electron chi connectivity index (χ0n) is 17.9. The fourth-order valence-electron chi connectivity index (χ4n) is 4.60. The predicted octanol–water partition coefficient (Wildman–Crippen LogP) is 3.07. The lowest BCUT2D eigenvalue weighted by molar-refractivity contribution is -0.149. The molecule has 164 valence electrons. The normalized spacial score (nSPS) is 17.0. The van der Waals surface area contributed by atoms with Crippen LogP contribution in [0.15, 0.2) is 24.3 Å². The summed E-state index contributed by atoms with van der Waals surface area (Å²) in [5.41, 5.74) is 3.28. The van der Waals surface area contributed by atoms with E-state index in [9.17, 15) is 14.4 Å². The van der Waals surface area contributed by atoms with Gasteiger partial charge in [-0.05, 0) is 50.2 Å². The van der Waals surface area contributed by atoms with Gasteiger partial charge in [-0.1, -0.05) is 24.6 Å². The van der Waals surface area contributed by atoms with Gasteiger partial charge in [-0.15, -0.1) is 0 Å². The number of rotatable bonds is 4. The number of para-hydroxylation sites is 1. The molecule has 31 heavy (non-hydrogen) atoms. The minimum absolute atomic E-state index is 0.171. The van der Waals surface area contributed by atoms with E-state index < -0.39 is 5.97 Å². The fourth-order valence-corrected chi connectivity index (χ4v) is 4.60. The second-order valence-corrected chi connectivity index (χ2v) is 8.24. The summed E-state index contributed by atoms with van der Waals surface area (Å²) < 4.78 is 10.3. The number of nitrogens with zero attached hydrogens (tertiary/aromatic N) is 2. The van der Waals surface area contributed by atoms with Gasteiger partial charge in [0.1, 0.15) is 0 Å². The van der Waals surface area contributed by atoms with Crippen molar-refractivity contribution >= 4 is 28.7 Å². The molecule has 1 aliphatic carbocycles. The SMILES string of the molecule is COC(=O)C1CCN(C(=O)COC(=O)c2c3c(nc4ccccc24)CCCCC3)CC1. The number of amides is 1. The minimum Gasteiger partial charge on any atom is -0.469 e. The number of hydrogen-bond donors (Lipinski definition) is 0. The number of methoxy groups -OCH3 is 1. The Bertz CT molecular complexity index is 995. The number of aryl methyl sites for hydroxylation is 1. The summed E-state index contributed by atoms with van der Waals surface area (Å²) in [4.78, 5) is 43.8. The highest BCUT2D eigenvalue weighted by Gasteiger charge is 2.29. The standard InChI is InChI=1S/C24H28N2O5/c1-30-23(28)16-11-13-26(14-12-16)21(27)15-31-24(29)22-17-7-3-2-4-9-19(17)25-20-10-6-5-8-18(20)22/h5-6,8,10,16H,2-4,7,9,11-15H2,1H3. The molecule has 1 saturated heterocycles. The lowest BCUT2D eigenvalue weighted by atomic mass is 9.97. The highest BCUT2D eigenvalue weighted by molar-refractivity contribution is 6.05. The van der Waals surface area contributed by atoms with E-state index in [0.29, 0.717) is 31.5 Å². The van der Waals surface area contributed by atoms with E-state index >= 15 is 0 Å². The number of carbonyl (C=O) groups excluding carboxylic acids is 3. The molecule has 0 radical (unpaired) electrons. The third kappa shape index (κ3) is 4.55. The van der Waals surface area contributed by atoms with Crippen LogP contribution in [-0.2, 0) is 31.9 Å². The highest BCUT2D eigenvalue weighted by atomic mass is 16.5. The predicted molar refractivity (Wildman–Crippen MR) is 115 cm³/mol. The molecule has 1 amide bonds. The average molecular weight is 424 g/mol. The molecule has 0 unspecified atom stereocenters. The summed E-state index contributed by atoms with van der Waals surface area (Å²) in [5, 5.41) is 0.777. The minimum atomic E-state index is -0.463. The highest BCUT2D eigenvalue weighted by Crippen LogP contribution is 2.29. The summed E-state index contributed by atoms with van der Waals surface area (Å²) in [7, 11) is 1.38. The monoisotopic (exact) mass is 424 g/mol. The first-order valence-electron chi connectivity index (χ1n) is 11.0. The van der Waals surface area contributed by atoms with Gasteiger partial charge in [-0.3, -0.25) is 14.6 Å². The first-order chi connectivity index (χ1) is 15.1. The summed E-state index contributed by atoms with van der Waals surface area (Å²) in [6.07, 6.45) is 5.97. The van der Waals surface area contributed by atoms with E-state index in [1.165, 1.54) is 7.11 Å². The molecule has 1 aromatic carbocycles. The van der Waals surface area contributed by atoms with Crippen molar-refractivity contribution < 1.29 is 23.9 Å². The van der Waals surface area contributed by atoms with E-state index in [1.54, 1.807) is 4.90 Å². The molecule has 7 nitrogen and oxygen atoms in total. The largest absolute Gasteiger partial charge is 0.469 e. The molecular formula is C24H28N2O5. The van der Waals surface area contributed by atoms with Crippen LogP contribution in [0, 0.1) is 5.92 Å². The fraction of sp³-hybridized carbons (Fsp3) is 0.500. The first-order valence-corrected chi connectivity index (χ1v) is 11.0. The van der Waals surface area contributed by atoms with Crippen molar-refractivity contribution in [3.8, 4) is 0 Å². The van der Waals surface area contributed by atoms with Gasteiger partial charge in [-0.25, -0.2) is 4.79 Å². The topological polar surface area (TPSA) is 85.8 Å². The third-order valence-corrected chi connectivity index (χ3v) is 6.33. The number of aromatic nitrogens is 1. The van der Waals surface area contributed by atoms with E-state index in [2.05, 4.69) is 0 Å². The molecule has 2 aromatic rings. The van der Waals surface area contributed by atoms with Crippen LogP contribution in [0.3, 0.4) is 0 Å². The average Bonchev–Trinajstić information content (AvgIpc) is 3.05. The molecule has 0 N–H and O–H groups in total. The van der Waals surface area contributed by atoms with Gasteiger partial charge < -0.3 is 14.4 Å². The number of carbonyl (C=O) groups is 3. The van der Waals surface area contributed by atoms with Crippen molar-refractivity contribution in [2.75, 3.05) is 26.8 Å². The molecule has 0 saturated carbocycles. The number of likely N-dealkylation sites (tertiary alicyclic amines) is 1. The molecular weight excluding hydrogens is 396 g/mol. The van der Waals surface area contributed by atoms with Crippen molar-refractivity contribution in [2.45, 2.75) is 44.9 Å². The van der Waals surface area contributed by atoms with Gasteiger partial charge in [0.05, 0.1) is 24.1 Å². The van der Waals surface area contributed by atoms with Gasteiger partial charge in [0.15, 0.2) is 6.61 Å². The van der Waals surface area contributed by atoms with Gasteiger partial charge >= 0.3 is 11.9 Å². The van der Waals surface area contributed by atoms with Gasteiger partial charge in [-0.2, -0.15) is 0 Å². The molecule has 0 spiro atoms. The molecule has 4 rings (SSSR count). The van der Waals surface area contributed by atoms with E-state index in [4.69, 9.17) is 14.5 Å². The summed E-state index contributed by atoms with van der Waals surface area (Å²) in [5.74, 6) is -1.10. The van der Waals surface area contributed by atoms with Gasteiger partial charge in [0.2, 0.25) is 0 Å². The van der Waals surface area contributed by atoms with Crippen molar-refractivity contribution in [1.82, 2.24) is 9.88 Å². The van der Waals surface area contributed by atoms with Crippen LogP contribution in [0.5, 0.6) is 0 Å². The maximum Gasteiger partial charge on any atom is 0.339 e. The Morgan fingerprint density at radius 3 is 2.58 bits per heavy atom. The summed E-state index contributed by atoms with van der Waals surface area (Å²) in [6, 6.07) is 7.60. The summed E-state index contributed by atoms with van der Waals surface area (Å²) in [6.45, 7) is 0.626. The van der Waals surface area contributed by atoms with Crippen molar-refractivity contribution in [1.29, 1.82) is 0 Å². The number of benzene rings is 1. The lowest BCUT2D eigenvalue weighted by Crippen LogP contribution is -2.42. The van der Waals surface area contributed by atoms with Gasteiger partial charge in [0.25, 0.3) is 5.91 Å². The Balaban J connectivity index is 1.47. The van der Waals surface area contributed by atoms with Crippen LogP contribution >= 0.6 is 0 Å². The Kier molecular flexibility index (Phi) is 6.49. The smallest absolute Gasteiger partial charge is 0.339 e. The molecule has 1 aliphatic heterocycles. The Morgan fingerprint density at radius 1 is 1.06 bits per heavy atom. The quantitative estimate of drug-likeness (QED) is 0.554. The van der Waals surface area contributed by atoms with Gasteiger partial charge in [0, 0.05) is 24.2 Å². The van der Waals surface area contributed by atoms with E-state index in [-0.39, 0.29) is 24.4 Å². The molecule has 7 heteroatoms. The number of fused-ring (bicyclic) bond motifs is 2. The van der Waals surface area contributed by atoms with Crippen LogP contribution in [0.4, 0.5) is 0 Å². The number of piperidine rings is 1. The zero-order valence-corrected chi connectivity index (χ0v) is 17.9. The number of ether oxygens (including phenoxy) is 2. The summed E-state index contributed by atoms with van der Waals surface area (Å²) >= 11 is 0. The van der Waals surface area contributed by atoms with Crippen LogP contribution in [0.1, 0.15) is 53.7 Å². The first kappa shape index (κ1) is 21.3. The maximum absolute atomic E-state index is 13.1. The molecule has 1 fully saturated rings. The van der Waals surface area contributed by atoms with Crippen LogP contribution in [0.2, 0.25) is 0 Å². The molecule has 1 aromatic heterocycles. The second-order valence-electron chi connectivity index (χ2n) is 8.24. The molecule has 0 atom stereocenters. The van der Waals surface area contributed by atoms with E-state index in [1.807, 2.05) is 24.3 Å². The van der Waals surface area contributed by atoms with Crippen molar-refractivity contribution in [3.63, 3.8) is 0 Å². The van der Waals surface area contributed by atoms with Crippen molar-refractivity contribution in [2.24, 2.45) is 5.92 Å².